The molecule has 24 heavy (non-hydrogen) atoms. The van der Waals surface area contributed by atoms with Gasteiger partial charge in [-0.2, -0.15) is 10.5 Å². The molecule has 0 unspecified atom stereocenters. The molecule has 1 aliphatic rings. The molecule has 0 amide bonds. The number of hydrogen-bond donors (Lipinski definition) is 1. The first-order chi connectivity index (χ1) is 11.5. The van der Waals surface area contributed by atoms with E-state index in [1.165, 1.54) is 12.1 Å². The summed E-state index contributed by atoms with van der Waals surface area (Å²) in [6.45, 7) is 3.59. The van der Waals surface area contributed by atoms with Crippen molar-refractivity contribution in [1.29, 1.82) is 10.5 Å². The number of halogens is 1. The second kappa shape index (κ2) is 5.64. The fourth-order valence-corrected chi connectivity index (χ4v) is 2.96. The second-order valence-corrected chi connectivity index (χ2v) is 5.56. The van der Waals surface area contributed by atoms with Crippen LogP contribution < -0.4 is 5.73 Å². The summed E-state index contributed by atoms with van der Waals surface area (Å²) in [6.07, 6.45) is 1.80. The van der Waals surface area contributed by atoms with Gasteiger partial charge in [-0.25, -0.2) is 9.37 Å². The monoisotopic (exact) mass is 316 g/mol. The van der Waals surface area contributed by atoms with Crippen LogP contribution >= 0.6 is 0 Å². The first-order valence-corrected chi connectivity index (χ1v) is 7.27. The predicted molar refractivity (Wildman–Crippen MR) is 90.6 cm³/mol. The van der Waals surface area contributed by atoms with E-state index in [0.717, 1.165) is 11.1 Å². The molecule has 0 radical (unpaired) electrons. The average molecular weight is 316 g/mol. The molecule has 2 aromatic rings. The van der Waals surface area contributed by atoms with Gasteiger partial charge in [-0.05, 0) is 54.3 Å². The van der Waals surface area contributed by atoms with Crippen molar-refractivity contribution in [3.8, 4) is 12.1 Å². The van der Waals surface area contributed by atoms with Gasteiger partial charge >= 0.3 is 0 Å². The van der Waals surface area contributed by atoms with Crippen LogP contribution in [0.3, 0.4) is 0 Å². The van der Waals surface area contributed by atoms with Crippen LogP contribution in [0.4, 0.5) is 10.2 Å². The van der Waals surface area contributed by atoms with Gasteiger partial charge in [0, 0.05) is 5.56 Å². The average Bonchev–Trinajstić information content (AvgIpc) is 2.79. The Balaban J connectivity index is 2.34. The van der Waals surface area contributed by atoms with E-state index in [0.29, 0.717) is 33.5 Å². The van der Waals surface area contributed by atoms with Gasteiger partial charge in [-0.15, -0.1) is 0 Å². The highest BCUT2D eigenvalue weighted by Gasteiger charge is 2.29. The molecule has 1 aromatic heterocycles. The zero-order valence-corrected chi connectivity index (χ0v) is 13.2. The number of rotatable bonds is 1. The summed E-state index contributed by atoms with van der Waals surface area (Å²) in [5.41, 5.74) is 10.6. The van der Waals surface area contributed by atoms with Gasteiger partial charge in [-0.3, -0.25) is 0 Å². The van der Waals surface area contributed by atoms with Crippen LogP contribution in [0.1, 0.15) is 34.9 Å². The van der Waals surface area contributed by atoms with Crippen molar-refractivity contribution < 1.29 is 4.39 Å². The number of fused-ring (bicyclic) bond motifs is 1. The van der Waals surface area contributed by atoms with Crippen LogP contribution in [0.25, 0.3) is 17.2 Å². The molecule has 1 aromatic carbocycles. The molecule has 1 aliphatic carbocycles. The minimum Gasteiger partial charge on any atom is -0.383 e. The Morgan fingerprint density at radius 1 is 1.21 bits per heavy atom. The highest BCUT2D eigenvalue weighted by atomic mass is 19.1. The third kappa shape index (κ3) is 2.24. The molecular formula is C19H13FN4. The number of allylic oxidation sites excluding steroid dienone is 3. The van der Waals surface area contributed by atoms with E-state index in [4.69, 9.17) is 5.73 Å². The van der Waals surface area contributed by atoms with Crippen LogP contribution in [0.2, 0.25) is 0 Å². The van der Waals surface area contributed by atoms with Crippen LogP contribution in [0, 0.1) is 35.4 Å². The maximum atomic E-state index is 13.5. The Morgan fingerprint density at radius 2 is 1.96 bits per heavy atom. The predicted octanol–water partition coefficient (Wildman–Crippen LogP) is 3.83. The normalized spacial score (nSPS) is 14.5. The summed E-state index contributed by atoms with van der Waals surface area (Å²) in [7, 11) is 0. The van der Waals surface area contributed by atoms with Crippen LogP contribution in [0.5, 0.6) is 0 Å². The Bertz CT molecular complexity index is 1020. The second-order valence-electron chi connectivity index (χ2n) is 5.56. The van der Waals surface area contributed by atoms with Crippen molar-refractivity contribution in [3.05, 3.63) is 63.6 Å². The van der Waals surface area contributed by atoms with Crippen LogP contribution in [0.15, 0.2) is 29.8 Å². The zero-order chi connectivity index (χ0) is 17.4. The fourth-order valence-electron chi connectivity index (χ4n) is 2.96. The molecule has 3 rings (SSSR count). The number of nitrogens with zero attached hydrogens (tertiary/aromatic N) is 3. The minimum absolute atomic E-state index is 0.112. The molecular weight excluding hydrogens is 303 g/mol. The van der Waals surface area contributed by atoms with Gasteiger partial charge in [0.15, 0.2) is 0 Å². The Labute approximate surface area is 139 Å². The van der Waals surface area contributed by atoms with E-state index >= 15 is 0 Å². The smallest absolute Gasteiger partial charge is 0.142 e. The number of nitrogen functional groups attached to an aromatic ring is 1. The van der Waals surface area contributed by atoms with Gasteiger partial charge in [0.2, 0.25) is 0 Å². The van der Waals surface area contributed by atoms with Crippen molar-refractivity contribution in [2.24, 2.45) is 0 Å². The lowest BCUT2D eigenvalue weighted by atomic mass is 9.95. The standard InChI is InChI=1S/C19H13FN4/c1-10-14(7-12-4-3-5-13(20)6-12)17-11(2)16(9-22)19(23)24-18(17)15(10)8-21/h3-7H,1-2H3,(H2,23,24)/b14-7+. The van der Waals surface area contributed by atoms with Crippen LogP contribution in [-0.2, 0) is 0 Å². The van der Waals surface area contributed by atoms with E-state index < -0.39 is 0 Å². The van der Waals surface area contributed by atoms with E-state index in [-0.39, 0.29) is 11.6 Å². The highest BCUT2D eigenvalue weighted by molar-refractivity contribution is 6.08. The lowest BCUT2D eigenvalue weighted by molar-refractivity contribution is 0.627. The lowest BCUT2D eigenvalue weighted by Gasteiger charge is -2.11. The lowest BCUT2D eigenvalue weighted by Crippen LogP contribution is -2.03. The zero-order valence-electron chi connectivity index (χ0n) is 13.2. The van der Waals surface area contributed by atoms with E-state index in [2.05, 4.69) is 17.1 Å². The minimum atomic E-state index is -0.338. The molecule has 0 saturated carbocycles. The largest absolute Gasteiger partial charge is 0.383 e. The number of anilines is 1. The summed E-state index contributed by atoms with van der Waals surface area (Å²) >= 11 is 0. The third-order valence-electron chi connectivity index (χ3n) is 4.14. The first-order valence-electron chi connectivity index (χ1n) is 7.27. The van der Waals surface area contributed by atoms with Gasteiger partial charge in [0.25, 0.3) is 0 Å². The molecule has 0 atom stereocenters. The first kappa shape index (κ1) is 15.5. The summed E-state index contributed by atoms with van der Waals surface area (Å²) < 4.78 is 13.5. The van der Waals surface area contributed by atoms with Crippen molar-refractivity contribution in [2.45, 2.75) is 13.8 Å². The third-order valence-corrected chi connectivity index (χ3v) is 4.14. The number of aromatic nitrogens is 1. The number of pyridine rings is 1. The summed E-state index contributed by atoms with van der Waals surface area (Å²) in [6, 6.07) is 10.4. The number of nitrogens with two attached hydrogens (primary N) is 1. The number of hydrogen-bond acceptors (Lipinski definition) is 4. The van der Waals surface area contributed by atoms with Gasteiger partial charge < -0.3 is 5.73 Å². The summed E-state index contributed by atoms with van der Waals surface area (Å²) in [5.74, 6) is -0.226. The molecule has 116 valence electrons. The van der Waals surface area contributed by atoms with Crippen molar-refractivity contribution in [2.75, 3.05) is 5.73 Å². The molecule has 0 spiro atoms. The quantitative estimate of drug-likeness (QED) is 0.866. The molecule has 0 fully saturated rings. The highest BCUT2D eigenvalue weighted by Crippen LogP contribution is 2.44. The molecule has 1 heterocycles. The van der Waals surface area contributed by atoms with Gasteiger partial charge in [0.05, 0.1) is 16.8 Å². The maximum Gasteiger partial charge on any atom is 0.142 e. The Morgan fingerprint density at radius 3 is 2.58 bits per heavy atom. The molecule has 4 nitrogen and oxygen atoms in total. The Kier molecular flexibility index (Phi) is 3.63. The van der Waals surface area contributed by atoms with Gasteiger partial charge in [-0.1, -0.05) is 12.1 Å². The SMILES string of the molecule is CC1=C(C#N)c2nc(N)c(C#N)c(C)c2/C1=C/c1cccc(F)c1. The fraction of sp³-hybridized carbons (Fsp3) is 0.105. The van der Waals surface area contributed by atoms with E-state index in [1.807, 2.05) is 6.92 Å². The maximum absolute atomic E-state index is 13.5. The number of nitriles is 2. The molecule has 0 saturated heterocycles. The molecule has 5 heteroatoms. The summed E-state index contributed by atoms with van der Waals surface area (Å²) in [5, 5.41) is 18.8. The molecule has 2 N–H and O–H groups in total. The van der Waals surface area contributed by atoms with Crippen molar-refractivity contribution in [3.63, 3.8) is 0 Å². The topological polar surface area (TPSA) is 86.5 Å². The van der Waals surface area contributed by atoms with Crippen molar-refractivity contribution >= 4 is 23.0 Å². The van der Waals surface area contributed by atoms with E-state index in [9.17, 15) is 14.9 Å². The van der Waals surface area contributed by atoms with E-state index in [1.54, 1.807) is 25.1 Å². The van der Waals surface area contributed by atoms with Gasteiger partial charge in [0.1, 0.15) is 23.8 Å². The summed E-state index contributed by atoms with van der Waals surface area (Å²) in [4.78, 5) is 4.26. The molecule has 0 aliphatic heterocycles. The van der Waals surface area contributed by atoms with Crippen LogP contribution in [-0.4, -0.2) is 4.98 Å². The van der Waals surface area contributed by atoms with Crippen molar-refractivity contribution in [1.82, 2.24) is 4.98 Å². The Hall–Kier alpha value is -3.44. The number of benzene rings is 1. The molecule has 0 bridgehead atoms.